The summed E-state index contributed by atoms with van der Waals surface area (Å²) in [6.07, 6.45) is 0. The summed E-state index contributed by atoms with van der Waals surface area (Å²) in [5.41, 5.74) is 3.07. The fourth-order valence-electron chi connectivity index (χ4n) is 2.97. The number of aromatic nitrogens is 2. The molecule has 3 N–H and O–H groups in total. The first kappa shape index (κ1) is 20.4. The van der Waals surface area contributed by atoms with Gasteiger partial charge in [-0.25, -0.2) is 9.82 Å². The molecule has 3 aromatic rings. The van der Waals surface area contributed by atoms with Gasteiger partial charge in [-0.3, -0.25) is 20.3 Å². The van der Waals surface area contributed by atoms with Crippen molar-refractivity contribution in [1.29, 1.82) is 0 Å². The van der Waals surface area contributed by atoms with Crippen LogP contribution >= 0.6 is 21.2 Å². The number of thioether (sulfide) groups is 1. The summed E-state index contributed by atoms with van der Waals surface area (Å²) in [7, 11) is 3.79. The van der Waals surface area contributed by atoms with Crippen LogP contribution in [0.1, 0.15) is 10.5 Å². The van der Waals surface area contributed by atoms with Gasteiger partial charge in [0, 0.05) is 16.9 Å². The Bertz CT molecular complexity index is 1080. The highest BCUT2D eigenvalue weighted by molar-refractivity contribution is 8.14. The number of aliphatic imine (C=N–C) groups is 1. The van der Waals surface area contributed by atoms with E-state index in [1.807, 2.05) is 36.4 Å². The average molecular weight is 441 g/mol. The number of nitrogens with one attached hydrogen (secondary N) is 2. The maximum Gasteiger partial charge on any atom is 0.275 e. The van der Waals surface area contributed by atoms with Crippen LogP contribution < -0.4 is 14.9 Å². The molecule has 154 valence electrons. The third-order valence-corrected chi connectivity index (χ3v) is 5.69. The number of methoxy groups -OCH3 is 1. The topological polar surface area (TPSA) is 103 Å². The van der Waals surface area contributed by atoms with Crippen molar-refractivity contribution in [2.75, 3.05) is 24.2 Å². The Hall–Kier alpha value is -2.87. The van der Waals surface area contributed by atoms with E-state index in [4.69, 9.17) is 9.72 Å². The molecule has 2 heterocycles. The molecule has 10 heteroatoms. The molecule has 8 nitrogen and oxygen atoms in total. The summed E-state index contributed by atoms with van der Waals surface area (Å²) in [6, 6.07) is 14.5. The first-order valence-corrected chi connectivity index (χ1v) is 10.6. The number of H-pyrrole nitrogens is 1. The number of amidine groups is 1. The zero-order chi connectivity index (χ0) is 21.1. The number of amides is 1. The number of benzene rings is 2. The zero-order valence-corrected chi connectivity index (χ0v) is 18.1. The Balaban J connectivity index is 1.72. The Morgan fingerprint density at radius 1 is 1.20 bits per heavy atom. The third-order valence-electron chi connectivity index (χ3n) is 4.51. The Labute approximate surface area is 180 Å². The number of carbonyl (C=O) groups is 1. The van der Waals surface area contributed by atoms with Crippen LogP contribution in [-0.2, 0) is 0 Å². The van der Waals surface area contributed by atoms with Crippen molar-refractivity contribution < 1.29 is 14.7 Å². The van der Waals surface area contributed by atoms with Gasteiger partial charge in [0.1, 0.15) is 23.0 Å². The maximum atomic E-state index is 13.0. The second-order valence-electron chi connectivity index (χ2n) is 6.42. The van der Waals surface area contributed by atoms with Crippen LogP contribution in [0, 0.1) is 0 Å². The number of aromatic amines is 1. The van der Waals surface area contributed by atoms with E-state index in [0.29, 0.717) is 34.6 Å². The first-order chi connectivity index (χ1) is 14.5. The monoisotopic (exact) mass is 441 g/mol. The molecule has 1 amide bonds. The van der Waals surface area contributed by atoms with E-state index in [1.54, 1.807) is 19.2 Å². The van der Waals surface area contributed by atoms with Gasteiger partial charge in [0.25, 0.3) is 5.91 Å². The van der Waals surface area contributed by atoms with Crippen LogP contribution in [0.25, 0.3) is 22.6 Å². The SMILES string of the molecule is COc1ccc(-c2nc(-c3ccc(N(O)P)cc3)[nH]c2C(=O)NC2=NCCS2)cc1. The molecule has 4 rings (SSSR count). The lowest BCUT2D eigenvalue weighted by molar-refractivity contribution is 0.0974. The number of ether oxygens (including phenoxy) is 1. The average Bonchev–Trinajstić information content (AvgIpc) is 3.44. The van der Waals surface area contributed by atoms with E-state index < -0.39 is 0 Å². The highest BCUT2D eigenvalue weighted by Crippen LogP contribution is 2.29. The number of hydrogen-bond acceptors (Lipinski definition) is 7. The lowest BCUT2D eigenvalue weighted by Crippen LogP contribution is -2.28. The van der Waals surface area contributed by atoms with Crippen molar-refractivity contribution in [2.45, 2.75) is 0 Å². The normalized spacial score (nSPS) is 13.1. The fraction of sp³-hybridized carbons (Fsp3) is 0.150. The van der Waals surface area contributed by atoms with Crippen LogP contribution in [0.3, 0.4) is 0 Å². The molecule has 0 aliphatic carbocycles. The summed E-state index contributed by atoms with van der Waals surface area (Å²) in [4.78, 5) is 26.0. The third kappa shape index (κ3) is 4.33. The summed E-state index contributed by atoms with van der Waals surface area (Å²) in [5.74, 6) is 1.83. The molecule has 0 radical (unpaired) electrons. The van der Waals surface area contributed by atoms with Gasteiger partial charge in [0.05, 0.1) is 19.3 Å². The van der Waals surface area contributed by atoms with Crippen LogP contribution in [0.5, 0.6) is 5.75 Å². The molecular weight excluding hydrogens is 421 g/mol. The van der Waals surface area contributed by atoms with Crippen LogP contribution in [0.2, 0.25) is 0 Å². The van der Waals surface area contributed by atoms with Crippen molar-refractivity contribution >= 4 is 37.9 Å². The number of anilines is 1. The summed E-state index contributed by atoms with van der Waals surface area (Å²) in [5, 5.41) is 13.0. The van der Waals surface area contributed by atoms with Crippen molar-refractivity contribution in [2.24, 2.45) is 4.99 Å². The number of hydrogen-bond donors (Lipinski definition) is 3. The van der Waals surface area contributed by atoms with Gasteiger partial charge < -0.3 is 9.72 Å². The van der Waals surface area contributed by atoms with Crippen molar-refractivity contribution in [3.63, 3.8) is 0 Å². The highest BCUT2D eigenvalue weighted by Gasteiger charge is 2.22. The minimum absolute atomic E-state index is 0.296. The summed E-state index contributed by atoms with van der Waals surface area (Å²) >= 11 is 1.52. The summed E-state index contributed by atoms with van der Waals surface area (Å²) in [6.45, 7) is 0.698. The minimum atomic E-state index is -0.296. The van der Waals surface area contributed by atoms with E-state index in [2.05, 4.69) is 24.7 Å². The maximum absolute atomic E-state index is 13.0. The largest absolute Gasteiger partial charge is 0.497 e. The van der Waals surface area contributed by atoms with E-state index in [0.717, 1.165) is 27.5 Å². The lowest BCUT2D eigenvalue weighted by atomic mass is 10.1. The minimum Gasteiger partial charge on any atom is -0.497 e. The van der Waals surface area contributed by atoms with Gasteiger partial charge in [0.15, 0.2) is 5.17 Å². The number of carbonyl (C=O) groups excluding carboxylic acids is 1. The van der Waals surface area contributed by atoms with Crippen LogP contribution in [-0.4, -0.2) is 45.7 Å². The molecule has 1 unspecified atom stereocenters. The van der Waals surface area contributed by atoms with Crippen LogP contribution in [0.4, 0.5) is 5.69 Å². The lowest BCUT2D eigenvalue weighted by Gasteiger charge is -2.09. The van der Waals surface area contributed by atoms with Crippen molar-refractivity contribution in [3.05, 3.63) is 54.2 Å². The molecule has 2 aromatic carbocycles. The molecule has 1 atom stereocenters. The molecule has 0 saturated carbocycles. The van der Waals surface area contributed by atoms with Crippen LogP contribution in [0.15, 0.2) is 53.5 Å². The molecular formula is C20H20N5O3PS. The van der Waals surface area contributed by atoms with Gasteiger partial charge in [-0.1, -0.05) is 11.8 Å². The van der Waals surface area contributed by atoms with Gasteiger partial charge >= 0.3 is 0 Å². The molecule has 1 aliphatic rings. The van der Waals surface area contributed by atoms with E-state index in [9.17, 15) is 10.0 Å². The Morgan fingerprint density at radius 3 is 2.50 bits per heavy atom. The zero-order valence-electron chi connectivity index (χ0n) is 16.1. The highest BCUT2D eigenvalue weighted by atomic mass is 32.2. The standard InChI is InChI=1S/C20H20N5O3PS/c1-28-15-8-4-12(5-9-15)16-17(19(26)24-20-21-10-11-30-20)23-18(22-16)13-2-6-14(7-3-13)25(27)29/h2-9,27H,10-11,29H2,1H3,(H,22,23)(H,21,24,26). The second-order valence-corrected chi connectivity index (χ2v) is 7.99. The van der Waals surface area contributed by atoms with Crippen molar-refractivity contribution in [3.8, 4) is 28.4 Å². The number of nitrogens with zero attached hydrogens (tertiary/aromatic N) is 3. The van der Waals surface area contributed by atoms with Gasteiger partial charge in [-0.15, -0.1) is 0 Å². The fourth-order valence-corrected chi connectivity index (χ4v) is 3.87. The molecule has 0 saturated heterocycles. The molecule has 30 heavy (non-hydrogen) atoms. The molecule has 0 spiro atoms. The Morgan fingerprint density at radius 2 is 1.90 bits per heavy atom. The van der Waals surface area contributed by atoms with Gasteiger partial charge in [0.2, 0.25) is 0 Å². The Kier molecular flexibility index (Phi) is 6.03. The summed E-state index contributed by atoms with van der Waals surface area (Å²) < 4.78 is 5.22. The van der Waals surface area contributed by atoms with E-state index in [1.165, 1.54) is 11.8 Å². The number of rotatable bonds is 5. The van der Waals surface area contributed by atoms with Gasteiger partial charge in [-0.2, -0.15) is 0 Å². The van der Waals surface area contributed by atoms with E-state index in [-0.39, 0.29) is 5.91 Å². The number of imidazole rings is 1. The quantitative estimate of drug-likeness (QED) is 0.413. The molecule has 1 aliphatic heterocycles. The van der Waals surface area contributed by atoms with Crippen molar-refractivity contribution in [1.82, 2.24) is 15.3 Å². The smallest absolute Gasteiger partial charge is 0.275 e. The second kappa shape index (κ2) is 8.87. The van der Waals surface area contributed by atoms with Gasteiger partial charge in [-0.05, 0) is 57.9 Å². The molecule has 0 bridgehead atoms. The van der Waals surface area contributed by atoms with E-state index >= 15 is 0 Å². The predicted molar refractivity (Wildman–Crippen MR) is 122 cm³/mol. The molecule has 0 fully saturated rings. The predicted octanol–water partition coefficient (Wildman–Crippen LogP) is 3.57. The first-order valence-electron chi connectivity index (χ1n) is 9.12. The molecule has 1 aromatic heterocycles.